The maximum absolute atomic E-state index is 9.52. The first kappa shape index (κ1) is 9.96. The van der Waals surface area contributed by atoms with E-state index in [2.05, 4.69) is 5.32 Å². The van der Waals surface area contributed by atoms with Crippen LogP contribution >= 0.6 is 0 Å². The quantitative estimate of drug-likeness (QED) is 0.609. The van der Waals surface area contributed by atoms with E-state index in [-0.39, 0.29) is 12.2 Å². The summed E-state index contributed by atoms with van der Waals surface area (Å²) in [7, 11) is 1.90. The minimum absolute atomic E-state index is 0.0899. The first-order chi connectivity index (χ1) is 5.84. The Morgan fingerprint density at radius 2 is 2.17 bits per heavy atom. The summed E-state index contributed by atoms with van der Waals surface area (Å²) >= 11 is 0. The van der Waals surface area contributed by atoms with Crippen LogP contribution in [0.4, 0.5) is 0 Å². The molecule has 1 aliphatic carbocycles. The summed E-state index contributed by atoms with van der Waals surface area (Å²) in [5, 5.41) is 12.5. The van der Waals surface area contributed by atoms with Crippen molar-refractivity contribution in [2.24, 2.45) is 0 Å². The monoisotopic (exact) mass is 173 g/mol. The Morgan fingerprint density at radius 3 is 2.83 bits per heavy atom. The van der Waals surface area contributed by atoms with Crippen LogP contribution in [-0.4, -0.2) is 37.5 Å². The Morgan fingerprint density at radius 1 is 1.42 bits per heavy atom. The maximum Gasteiger partial charge on any atom is 0.0834 e. The van der Waals surface area contributed by atoms with Gasteiger partial charge in [0.15, 0.2) is 0 Å². The molecule has 1 aliphatic rings. The Hall–Kier alpha value is -0.120. The van der Waals surface area contributed by atoms with E-state index in [9.17, 15) is 5.11 Å². The van der Waals surface area contributed by atoms with Crippen molar-refractivity contribution in [3.8, 4) is 0 Å². The molecular weight excluding hydrogens is 154 g/mol. The zero-order valence-corrected chi connectivity index (χ0v) is 7.75. The standard InChI is InChI=1S/C9H19NO2/c1-10-6-7-12-9-5-3-2-4-8(9)11/h8-11H,2-7H2,1H3. The molecule has 72 valence electrons. The Kier molecular flexibility index (Phi) is 4.58. The highest BCUT2D eigenvalue weighted by atomic mass is 16.5. The van der Waals surface area contributed by atoms with Crippen LogP contribution in [-0.2, 0) is 4.74 Å². The molecule has 1 rings (SSSR count). The molecule has 0 spiro atoms. The van der Waals surface area contributed by atoms with E-state index in [1.807, 2.05) is 7.05 Å². The third-order valence-corrected chi connectivity index (χ3v) is 2.35. The fraction of sp³-hybridized carbons (Fsp3) is 1.00. The van der Waals surface area contributed by atoms with Crippen molar-refractivity contribution in [2.45, 2.75) is 37.9 Å². The van der Waals surface area contributed by atoms with E-state index in [1.54, 1.807) is 0 Å². The van der Waals surface area contributed by atoms with Crippen molar-refractivity contribution in [3.05, 3.63) is 0 Å². The molecule has 0 saturated heterocycles. The molecule has 0 aromatic rings. The Labute approximate surface area is 74.1 Å². The van der Waals surface area contributed by atoms with E-state index >= 15 is 0 Å². The fourth-order valence-corrected chi connectivity index (χ4v) is 1.58. The second kappa shape index (κ2) is 5.51. The molecule has 0 bridgehead atoms. The summed E-state index contributed by atoms with van der Waals surface area (Å²) < 4.78 is 5.52. The molecule has 3 nitrogen and oxygen atoms in total. The molecule has 2 N–H and O–H groups in total. The van der Waals surface area contributed by atoms with Crippen molar-refractivity contribution >= 4 is 0 Å². The van der Waals surface area contributed by atoms with Gasteiger partial charge >= 0.3 is 0 Å². The van der Waals surface area contributed by atoms with Crippen molar-refractivity contribution in [1.29, 1.82) is 0 Å². The third kappa shape index (κ3) is 3.09. The first-order valence-corrected chi connectivity index (χ1v) is 4.79. The van der Waals surface area contributed by atoms with Crippen LogP contribution in [0.1, 0.15) is 25.7 Å². The van der Waals surface area contributed by atoms with E-state index in [0.29, 0.717) is 6.61 Å². The topological polar surface area (TPSA) is 41.5 Å². The van der Waals surface area contributed by atoms with Crippen LogP contribution in [0.5, 0.6) is 0 Å². The third-order valence-electron chi connectivity index (χ3n) is 2.35. The highest BCUT2D eigenvalue weighted by molar-refractivity contribution is 4.74. The van der Waals surface area contributed by atoms with Gasteiger partial charge in [0, 0.05) is 6.54 Å². The summed E-state index contributed by atoms with van der Waals surface area (Å²) in [6, 6.07) is 0. The number of ether oxygens (including phenoxy) is 1. The lowest BCUT2D eigenvalue weighted by molar-refractivity contribution is -0.0569. The number of rotatable bonds is 4. The highest BCUT2D eigenvalue weighted by Crippen LogP contribution is 2.20. The van der Waals surface area contributed by atoms with Crippen LogP contribution in [0.15, 0.2) is 0 Å². The molecule has 0 aromatic carbocycles. The van der Waals surface area contributed by atoms with Gasteiger partial charge in [0.05, 0.1) is 18.8 Å². The normalized spacial score (nSPS) is 30.5. The molecule has 3 heteroatoms. The molecule has 12 heavy (non-hydrogen) atoms. The summed E-state index contributed by atoms with van der Waals surface area (Å²) in [5.74, 6) is 0. The van der Waals surface area contributed by atoms with E-state index in [1.165, 1.54) is 6.42 Å². The molecule has 1 saturated carbocycles. The maximum atomic E-state index is 9.52. The van der Waals surface area contributed by atoms with E-state index in [0.717, 1.165) is 25.8 Å². The predicted molar refractivity (Wildman–Crippen MR) is 48.1 cm³/mol. The average Bonchev–Trinajstić information content (AvgIpc) is 2.09. The van der Waals surface area contributed by atoms with Crippen LogP contribution in [0.3, 0.4) is 0 Å². The fourth-order valence-electron chi connectivity index (χ4n) is 1.58. The van der Waals surface area contributed by atoms with Gasteiger partial charge in [0.1, 0.15) is 0 Å². The van der Waals surface area contributed by atoms with Gasteiger partial charge in [-0.25, -0.2) is 0 Å². The molecule has 0 aromatic heterocycles. The SMILES string of the molecule is CNCCOC1CCCCC1O. The van der Waals surface area contributed by atoms with Gasteiger partial charge in [0.2, 0.25) is 0 Å². The van der Waals surface area contributed by atoms with Crippen molar-refractivity contribution in [1.82, 2.24) is 5.32 Å². The van der Waals surface area contributed by atoms with Gasteiger partial charge in [-0.2, -0.15) is 0 Å². The summed E-state index contributed by atoms with van der Waals surface area (Å²) in [5.41, 5.74) is 0. The predicted octanol–water partition coefficient (Wildman–Crippen LogP) is 0.526. The lowest BCUT2D eigenvalue weighted by Crippen LogP contribution is -2.33. The van der Waals surface area contributed by atoms with Gasteiger partial charge in [-0.1, -0.05) is 12.8 Å². The molecule has 1 fully saturated rings. The van der Waals surface area contributed by atoms with Crippen LogP contribution in [0.2, 0.25) is 0 Å². The molecule has 0 amide bonds. The zero-order valence-electron chi connectivity index (χ0n) is 7.75. The molecule has 2 atom stereocenters. The van der Waals surface area contributed by atoms with E-state index < -0.39 is 0 Å². The summed E-state index contributed by atoms with van der Waals surface area (Å²) in [6.07, 6.45) is 4.13. The van der Waals surface area contributed by atoms with Crippen LogP contribution < -0.4 is 5.32 Å². The number of aliphatic hydroxyl groups is 1. The summed E-state index contributed by atoms with van der Waals surface area (Å²) in [6.45, 7) is 1.57. The number of aliphatic hydroxyl groups excluding tert-OH is 1. The molecule has 0 aliphatic heterocycles. The molecule has 0 heterocycles. The molecular formula is C9H19NO2. The second-order valence-electron chi connectivity index (χ2n) is 3.36. The molecule has 0 radical (unpaired) electrons. The highest BCUT2D eigenvalue weighted by Gasteiger charge is 2.22. The lowest BCUT2D eigenvalue weighted by Gasteiger charge is -2.27. The minimum Gasteiger partial charge on any atom is -0.390 e. The lowest BCUT2D eigenvalue weighted by atomic mass is 9.95. The molecule has 2 unspecified atom stereocenters. The van der Waals surface area contributed by atoms with Crippen molar-refractivity contribution in [2.75, 3.05) is 20.2 Å². The second-order valence-corrected chi connectivity index (χ2v) is 3.36. The summed E-state index contributed by atoms with van der Waals surface area (Å²) in [4.78, 5) is 0. The van der Waals surface area contributed by atoms with E-state index in [4.69, 9.17) is 4.74 Å². The smallest absolute Gasteiger partial charge is 0.0834 e. The number of hydrogen-bond acceptors (Lipinski definition) is 3. The Bertz CT molecular complexity index is 119. The van der Waals surface area contributed by atoms with Gasteiger partial charge < -0.3 is 15.2 Å². The average molecular weight is 173 g/mol. The number of hydrogen-bond donors (Lipinski definition) is 2. The number of nitrogens with one attached hydrogen (secondary N) is 1. The number of likely N-dealkylation sites (N-methyl/N-ethyl adjacent to an activating group) is 1. The van der Waals surface area contributed by atoms with Crippen molar-refractivity contribution in [3.63, 3.8) is 0 Å². The first-order valence-electron chi connectivity index (χ1n) is 4.79. The van der Waals surface area contributed by atoms with Gasteiger partial charge in [-0.05, 0) is 19.9 Å². The van der Waals surface area contributed by atoms with Gasteiger partial charge in [0.25, 0.3) is 0 Å². The minimum atomic E-state index is -0.226. The zero-order chi connectivity index (χ0) is 8.81. The van der Waals surface area contributed by atoms with Gasteiger partial charge in [-0.3, -0.25) is 0 Å². The largest absolute Gasteiger partial charge is 0.390 e. The van der Waals surface area contributed by atoms with Crippen LogP contribution in [0, 0.1) is 0 Å². The van der Waals surface area contributed by atoms with Gasteiger partial charge in [-0.15, -0.1) is 0 Å². The van der Waals surface area contributed by atoms with Crippen LogP contribution in [0.25, 0.3) is 0 Å². The Balaban J connectivity index is 2.11. The van der Waals surface area contributed by atoms with Crippen molar-refractivity contribution < 1.29 is 9.84 Å².